The number of carbonyl (C=O) groups excluding carboxylic acids is 1. The Morgan fingerprint density at radius 3 is 2.47 bits per heavy atom. The standard InChI is InChI=1S/C14H25N3O2/c1-7-17-12(8-11(16-17)9(2)3)13(19)15-14(5,6)10(4)18/h8-10,18H,7H2,1-6H3,(H,15,19). The number of aliphatic hydroxyl groups excluding tert-OH is 1. The minimum atomic E-state index is -0.669. The Kier molecular flexibility index (Phi) is 4.74. The molecule has 108 valence electrons. The Hall–Kier alpha value is -1.36. The van der Waals surface area contributed by atoms with Crippen molar-refractivity contribution in [3.05, 3.63) is 17.5 Å². The van der Waals surface area contributed by atoms with Crippen molar-refractivity contribution in [2.45, 2.75) is 65.6 Å². The van der Waals surface area contributed by atoms with E-state index in [2.05, 4.69) is 10.4 Å². The summed E-state index contributed by atoms with van der Waals surface area (Å²) < 4.78 is 1.70. The summed E-state index contributed by atoms with van der Waals surface area (Å²) in [5, 5.41) is 16.9. The summed E-state index contributed by atoms with van der Waals surface area (Å²) in [7, 11) is 0. The zero-order chi connectivity index (χ0) is 14.8. The quantitative estimate of drug-likeness (QED) is 0.856. The van der Waals surface area contributed by atoms with Crippen LogP contribution < -0.4 is 5.32 Å². The summed E-state index contributed by atoms with van der Waals surface area (Å²) in [5.74, 6) is 0.0799. The number of hydrogen-bond donors (Lipinski definition) is 2. The van der Waals surface area contributed by atoms with Gasteiger partial charge in [-0.2, -0.15) is 5.10 Å². The zero-order valence-electron chi connectivity index (χ0n) is 12.7. The highest BCUT2D eigenvalue weighted by Gasteiger charge is 2.28. The van der Waals surface area contributed by atoms with Crippen molar-refractivity contribution >= 4 is 5.91 Å². The van der Waals surface area contributed by atoms with E-state index in [0.717, 1.165) is 5.69 Å². The highest BCUT2D eigenvalue weighted by atomic mass is 16.3. The molecule has 1 rings (SSSR count). The average molecular weight is 267 g/mol. The first-order chi connectivity index (χ1) is 8.69. The van der Waals surface area contributed by atoms with Gasteiger partial charge in [0.15, 0.2) is 0 Å². The maximum atomic E-state index is 12.3. The third-order valence-electron chi connectivity index (χ3n) is 3.40. The van der Waals surface area contributed by atoms with Crippen LogP contribution in [0.1, 0.15) is 63.6 Å². The van der Waals surface area contributed by atoms with Gasteiger partial charge in [-0.15, -0.1) is 0 Å². The van der Waals surface area contributed by atoms with Crippen LogP contribution >= 0.6 is 0 Å². The fraction of sp³-hybridized carbons (Fsp3) is 0.714. The topological polar surface area (TPSA) is 67.2 Å². The van der Waals surface area contributed by atoms with Crippen LogP contribution in [0.5, 0.6) is 0 Å². The van der Waals surface area contributed by atoms with Gasteiger partial charge in [-0.1, -0.05) is 13.8 Å². The smallest absolute Gasteiger partial charge is 0.270 e. The molecule has 0 aliphatic rings. The van der Waals surface area contributed by atoms with Crippen LogP contribution in [0.2, 0.25) is 0 Å². The van der Waals surface area contributed by atoms with Gasteiger partial charge in [0.05, 0.1) is 17.3 Å². The maximum Gasteiger partial charge on any atom is 0.270 e. The SMILES string of the molecule is CCn1nc(C(C)C)cc1C(=O)NC(C)(C)C(C)O. The Balaban J connectivity index is 2.99. The second-order valence-electron chi connectivity index (χ2n) is 5.78. The monoisotopic (exact) mass is 267 g/mol. The normalized spacial score (nSPS) is 13.7. The van der Waals surface area contributed by atoms with Crippen LogP contribution in [0.25, 0.3) is 0 Å². The van der Waals surface area contributed by atoms with Gasteiger partial charge in [0.2, 0.25) is 0 Å². The maximum absolute atomic E-state index is 12.3. The van der Waals surface area contributed by atoms with E-state index in [4.69, 9.17) is 0 Å². The molecule has 0 aliphatic heterocycles. The van der Waals surface area contributed by atoms with Gasteiger partial charge >= 0.3 is 0 Å². The Labute approximate surface area is 115 Å². The number of rotatable bonds is 5. The molecule has 0 fully saturated rings. The van der Waals surface area contributed by atoms with Gasteiger partial charge in [-0.05, 0) is 39.7 Å². The summed E-state index contributed by atoms with van der Waals surface area (Å²) in [6.07, 6.45) is -0.626. The molecule has 0 aliphatic carbocycles. The lowest BCUT2D eigenvalue weighted by Gasteiger charge is -2.29. The lowest BCUT2D eigenvalue weighted by molar-refractivity contribution is 0.0701. The molecular weight excluding hydrogens is 242 g/mol. The fourth-order valence-corrected chi connectivity index (χ4v) is 1.60. The molecule has 5 nitrogen and oxygen atoms in total. The number of nitrogens with one attached hydrogen (secondary N) is 1. The second kappa shape index (κ2) is 5.74. The van der Waals surface area contributed by atoms with E-state index in [1.54, 1.807) is 25.5 Å². The summed E-state index contributed by atoms with van der Waals surface area (Å²) in [5.41, 5.74) is 0.777. The molecule has 0 radical (unpaired) electrons. The van der Waals surface area contributed by atoms with Gasteiger partial charge in [-0.3, -0.25) is 9.48 Å². The highest BCUT2D eigenvalue weighted by Crippen LogP contribution is 2.16. The predicted octanol–water partition coefficient (Wildman–Crippen LogP) is 1.92. The van der Waals surface area contributed by atoms with Crippen molar-refractivity contribution < 1.29 is 9.90 Å². The predicted molar refractivity (Wildman–Crippen MR) is 75.2 cm³/mol. The Morgan fingerprint density at radius 2 is 2.05 bits per heavy atom. The van der Waals surface area contributed by atoms with Crippen LogP contribution in [0, 0.1) is 0 Å². The number of hydrogen-bond acceptors (Lipinski definition) is 3. The number of aromatic nitrogens is 2. The van der Waals surface area contributed by atoms with Crippen molar-refractivity contribution in [2.75, 3.05) is 0 Å². The summed E-state index contributed by atoms with van der Waals surface area (Å²) in [4.78, 5) is 12.3. The van der Waals surface area contributed by atoms with Gasteiger partial charge in [0, 0.05) is 6.54 Å². The fourth-order valence-electron chi connectivity index (χ4n) is 1.60. The van der Waals surface area contributed by atoms with Crippen molar-refractivity contribution in [1.82, 2.24) is 15.1 Å². The van der Waals surface area contributed by atoms with Crippen molar-refractivity contribution in [3.8, 4) is 0 Å². The highest BCUT2D eigenvalue weighted by molar-refractivity contribution is 5.93. The van der Waals surface area contributed by atoms with Crippen molar-refractivity contribution in [3.63, 3.8) is 0 Å². The molecule has 1 aromatic rings. The van der Waals surface area contributed by atoms with E-state index in [9.17, 15) is 9.90 Å². The van der Waals surface area contributed by atoms with E-state index in [1.165, 1.54) is 0 Å². The van der Waals surface area contributed by atoms with E-state index in [0.29, 0.717) is 12.2 Å². The molecule has 0 aromatic carbocycles. The Morgan fingerprint density at radius 1 is 1.47 bits per heavy atom. The second-order valence-corrected chi connectivity index (χ2v) is 5.78. The molecule has 1 heterocycles. The molecule has 0 spiro atoms. The number of nitrogens with zero attached hydrogens (tertiary/aromatic N) is 2. The number of carbonyl (C=O) groups is 1. The first-order valence-corrected chi connectivity index (χ1v) is 6.77. The minimum Gasteiger partial charge on any atom is -0.391 e. The van der Waals surface area contributed by atoms with Gasteiger partial charge in [0.1, 0.15) is 5.69 Å². The van der Waals surface area contributed by atoms with Crippen LogP contribution in [0.4, 0.5) is 0 Å². The van der Waals surface area contributed by atoms with Crippen LogP contribution in [-0.2, 0) is 6.54 Å². The van der Waals surface area contributed by atoms with Crippen LogP contribution in [-0.4, -0.2) is 32.4 Å². The first kappa shape index (κ1) is 15.7. The molecule has 1 unspecified atom stereocenters. The summed E-state index contributed by atoms with van der Waals surface area (Å²) in [6.45, 7) is 11.9. The molecule has 1 atom stereocenters. The largest absolute Gasteiger partial charge is 0.391 e. The van der Waals surface area contributed by atoms with Gasteiger partial charge in [-0.25, -0.2) is 0 Å². The molecule has 19 heavy (non-hydrogen) atoms. The zero-order valence-corrected chi connectivity index (χ0v) is 12.7. The molecule has 1 amide bonds. The molecule has 0 saturated heterocycles. The van der Waals surface area contributed by atoms with Crippen LogP contribution in [0.15, 0.2) is 6.07 Å². The summed E-state index contributed by atoms with van der Waals surface area (Å²) >= 11 is 0. The first-order valence-electron chi connectivity index (χ1n) is 6.77. The molecule has 5 heteroatoms. The van der Waals surface area contributed by atoms with E-state index in [1.807, 2.05) is 26.8 Å². The van der Waals surface area contributed by atoms with Crippen LogP contribution in [0.3, 0.4) is 0 Å². The van der Waals surface area contributed by atoms with Gasteiger partial charge in [0.25, 0.3) is 5.91 Å². The van der Waals surface area contributed by atoms with E-state index < -0.39 is 11.6 Å². The van der Waals surface area contributed by atoms with Crippen molar-refractivity contribution in [2.24, 2.45) is 0 Å². The molecule has 0 saturated carbocycles. The van der Waals surface area contributed by atoms with Gasteiger partial charge < -0.3 is 10.4 Å². The molecule has 1 aromatic heterocycles. The van der Waals surface area contributed by atoms with E-state index >= 15 is 0 Å². The average Bonchev–Trinajstić information content (AvgIpc) is 2.72. The summed E-state index contributed by atoms with van der Waals surface area (Å²) in [6, 6.07) is 1.82. The molecular formula is C14H25N3O2. The van der Waals surface area contributed by atoms with Crippen molar-refractivity contribution in [1.29, 1.82) is 0 Å². The number of aliphatic hydroxyl groups is 1. The Bertz CT molecular complexity index is 448. The minimum absolute atomic E-state index is 0.202. The number of aryl methyl sites for hydroxylation is 1. The number of amides is 1. The third-order valence-corrected chi connectivity index (χ3v) is 3.40. The molecule has 2 N–H and O–H groups in total. The third kappa shape index (κ3) is 3.56. The van der Waals surface area contributed by atoms with E-state index in [-0.39, 0.29) is 11.8 Å². The molecule has 0 bridgehead atoms. The lowest BCUT2D eigenvalue weighted by atomic mass is 9.98. The lowest BCUT2D eigenvalue weighted by Crippen LogP contribution is -2.51.